The molecule has 2 fully saturated rings. The summed E-state index contributed by atoms with van der Waals surface area (Å²) in [5, 5.41) is 50.5. The number of aromatic nitrogens is 3. The van der Waals surface area contributed by atoms with E-state index in [0.717, 1.165) is 38.0 Å². The number of unbranched alkanes of at least 4 members (excludes halogenated alkanes) is 2. The Morgan fingerprint density at radius 3 is 2.72 bits per heavy atom. The van der Waals surface area contributed by atoms with E-state index in [1.807, 2.05) is 10.9 Å². The number of nitrogens with one attached hydrogen (secondary N) is 1. The Morgan fingerprint density at radius 2 is 1.97 bits per heavy atom. The summed E-state index contributed by atoms with van der Waals surface area (Å²) >= 11 is 0. The summed E-state index contributed by atoms with van der Waals surface area (Å²) < 4.78 is 13.0. The standard InChI is InChI=1S/C19H34N4O6/c24-11-16-18(26)19(27)17(25)15(29-16)6-2-1-3-8-28-12-14-10-23(22-21-14)9-13-5-4-7-20-13/h10,13,15-20,24-27H,1-9,11-12H2. The number of ether oxygens (including phenoxy) is 2. The maximum atomic E-state index is 10.0. The Morgan fingerprint density at radius 1 is 1.14 bits per heavy atom. The van der Waals surface area contributed by atoms with E-state index in [1.165, 1.54) is 12.8 Å². The van der Waals surface area contributed by atoms with Crippen molar-refractivity contribution in [3.05, 3.63) is 11.9 Å². The molecule has 2 aliphatic rings. The molecule has 6 unspecified atom stereocenters. The van der Waals surface area contributed by atoms with Crippen LogP contribution in [0.5, 0.6) is 0 Å². The van der Waals surface area contributed by atoms with E-state index in [1.54, 1.807) is 0 Å². The molecule has 3 heterocycles. The first-order valence-corrected chi connectivity index (χ1v) is 10.6. The van der Waals surface area contributed by atoms with Crippen molar-refractivity contribution in [2.75, 3.05) is 19.8 Å². The second kappa shape index (κ2) is 11.3. The Kier molecular flexibility index (Phi) is 8.79. The lowest BCUT2D eigenvalue weighted by Crippen LogP contribution is -2.58. The third-order valence-corrected chi connectivity index (χ3v) is 5.67. The highest BCUT2D eigenvalue weighted by atomic mass is 16.5. The molecule has 0 radical (unpaired) electrons. The first kappa shape index (κ1) is 22.5. The molecule has 1 aromatic heterocycles. The predicted molar refractivity (Wildman–Crippen MR) is 103 cm³/mol. The van der Waals surface area contributed by atoms with E-state index in [4.69, 9.17) is 9.47 Å². The van der Waals surface area contributed by atoms with Crippen LogP contribution < -0.4 is 5.32 Å². The van der Waals surface area contributed by atoms with Gasteiger partial charge in [0.05, 0.1) is 32.1 Å². The predicted octanol–water partition coefficient (Wildman–Crippen LogP) is -1.05. The van der Waals surface area contributed by atoms with Gasteiger partial charge in [0.25, 0.3) is 0 Å². The Labute approximate surface area is 170 Å². The monoisotopic (exact) mass is 414 g/mol. The molecule has 29 heavy (non-hydrogen) atoms. The van der Waals surface area contributed by atoms with Crippen LogP contribution >= 0.6 is 0 Å². The van der Waals surface area contributed by atoms with Crippen LogP contribution in [0.4, 0.5) is 0 Å². The van der Waals surface area contributed by atoms with E-state index >= 15 is 0 Å². The van der Waals surface area contributed by atoms with Crippen LogP contribution in [0.15, 0.2) is 6.20 Å². The van der Waals surface area contributed by atoms with Gasteiger partial charge in [-0.2, -0.15) is 0 Å². The van der Waals surface area contributed by atoms with Crippen LogP contribution in [0.25, 0.3) is 0 Å². The molecule has 10 heteroatoms. The van der Waals surface area contributed by atoms with Gasteiger partial charge in [0, 0.05) is 12.6 Å². The minimum atomic E-state index is -1.30. The minimum absolute atomic E-state index is 0.392. The average molecular weight is 415 g/mol. The first-order chi connectivity index (χ1) is 14.1. The van der Waals surface area contributed by atoms with Crippen molar-refractivity contribution >= 4 is 0 Å². The Bertz CT molecular complexity index is 595. The number of aliphatic hydroxyl groups excluding tert-OH is 4. The molecule has 0 amide bonds. The molecule has 0 aromatic carbocycles. The van der Waals surface area contributed by atoms with E-state index in [-0.39, 0.29) is 0 Å². The fourth-order valence-corrected chi connectivity index (χ4v) is 3.95. The van der Waals surface area contributed by atoms with Gasteiger partial charge in [-0.1, -0.05) is 18.1 Å². The van der Waals surface area contributed by atoms with Crippen molar-refractivity contribution in [1.82, 2.24) is 20.3 Å². The quantitative estimate of drug-likeness (QED) is 0.287. The molecule has 1 aromatic rings. The Balaban J connectivity index is 1.25. The summed E-state index contributed by atoms with van der Waals surface area (Å²) in [5.74, 6) is 0. The molecule has 0 bridgehead atoms. The summed E-state index contributed by atoms with van der Waals surface area (Å²) in [6.07, 6.45) is 2.23. The normalized spacial score (nSPS) is 32.7. The van der Waals surface area contributed by atoms with E-state index < -0.39 is 37.1 Å². The van der Waals surface area contributed by atoms with Gasteiger partial charge in [-0.3, -0.25) is 4.68 Å². The molecular formula is C19H34N4O6. The second-order valence-electron chi connectivity index (χ2n) is 7.99. The third kappa shape index (κ3) is 6.42. The van der Waals surface area contributed by atoms with Gasteiger partial charge >= 0.3 is 0 Å². The number of hydrogen-bond acceptors (Lipinski definition) is 9. The van der Waals surface area contributed by atoms with Gasteiger partial charge in [-0.25, -0.2) is 0 Å². The zero-order valence-corrected chi connectivity index (χ0v) is 16.8. The van der Waals surface area contributed by atoms with Crippen LogP contribution in [-0.4, -0.2) is 91.7 Å². The molecule has 5 N–H and O–H groups in total. The molecule has 0 aliphatic carbocycles. The van der Waals surface area contributed by atoms with Crippen molar-refractivity contribution in [3.63, 3.8) is 0 Å². The average Bonchev–Trinajstić information content (AvgIpc) is 3.39. The van der Waals surface area contributed by atoms with Crippen molar-refractivity contribution in [1.29, 1.82) is 0 Å². The van der Waals surface area contributed by atoms with Gasteiger partial charge in [0.1, 0.15) is 30.1 Å². The van der Waals surface area contributed by atoms with Crippen LogP contribution in [0.3, 0.4) is 0 Å². The maximum absolute atomic E-state index is 10.0. The number of nitrogens with zero attached hydrogens (tertiary/aromatic N) is 3. The first-order valence-electron chi connectivity index (χ1n) is 10.6. The number of hydrogen-bond donors (Lipinski definition) is 5. The van der Waals surface area contributed by atoms with Gasteiger partial charge < -0.3 is 35.2 Å². The fourth-order valence-electron chi connectivity index (χ4n) is 3.95. The smallest absolute Gasteiger partial charge is 0.111 e. The minimum Gasteiger partial charge on any atom is -0.394 e. The summed E-state index contributed by atoms with van der Waals surface area (Å²) in [6, 6.07) is 0.481. The van der Waals surface area contributed by atoms with Crippen LogP contribution in [0.1, 0.15) is 44.2 Å². The second-order valence-corrected chi connectivity index (χ2v) is 7.99. The highest BCUT2D eigenvalue weighted by Gasteiger charge is 2.42. The van der Waals surface area contributed by atoms with Crippen molar-refractivity contribution in [3.8, 4) is 0 Å². The number of aliphatic hydroxyl groups is 4. The van der Waals surface area contributed by atoms with Crippen molar-refractivity contribution < 1.29 is 29.9 Å². The molecule has 3 rings (SSSR count). The Hall–Kier alpha value is -1.14. The van der Waals surface area contributed by atoms with Gasteiger partial charge in [0.15, 0.2) is 0 Å². The van der Waals surface area contributed by atoms with Gasteiger partial charge in [-0.15, -0.1) is 5.10 Å². The molecular weight excluding hydrogens is 380 g/mol. The van der Waals surface area contributed by atoms with E-state index in [0.29, 0.717) is 25.7 Å². The highest BCUT2D eigenvalue weighted by molar-refractivity contribution is 4.92. The molecule has 0 saturated carbocycles. The lowest BCUT2D eigenvalue weighted by Gasteiger charge is -2.40. The molecule has 10 nitrogen and oxygen atoms in total. The molecule has 6 atom stereocenters. The van der Waals surface area contributed by atoms with E-state index in [9.17, 15) is 20.4 Å². The van der Waals surface area contributed by atoms with Crippen LogP contribution in [-0.2, 0) is 22.6 Å². The van der Waals surface area contributed by atoms with Gasteiger partial charge in [-0.05, 0) is 32.2 Å². The lowest BCUT2D eigenvalue weighted by atomic mass is 9.92. The maximum Gasteiger partial charge on any atom is 0.111 e. The lowest BCUT2D eigenvalue weighted by molar-refractivity contribution is -0.230. The molecule has 166 valence electrons. The molecule has 2 aliphatic heterocycles. The largest absolute Gasteiger partial charge is 0.394 e. The summed E-state index contributed by atoms with van der Waals surface area (Å²) in [5.41, 5.74) is 0.823. The van der Waals surface area contributed by atoms with Crippen LogP contribution in [0, 0.1) is 0 Å². The summed E-state index contributed by atoms with van der Waals surface area (Å²) in [6.45, 7) is 2.56. The summed E-state index contributed by atoms with van der Waals surface area (Å²) in [7, 11) is 0. The fraction of sp³-hybridized carbons (Fsp3) is 0.895. The topological polar surface area (TPSA) is 142 Å². The molecule has 0 spiro atoms. The molecule has 2 saturated heterocycles. The van der Waals surface area contributed by atoms with Crippen LogP contribution in [0.2, 0.25) is 0 Å². The third-order valence-electron chi connectivity index (χ3n) is 5.67. The zero-order valence-electron chi connectivity index (χ0n) is 16.8. The SMILES string of the molecule is OCC1OC(CCCCCOCc2cn(CC3CCCN3)nn2)C(O)C(O)C1O. The van der Waals surface area contributed by atoms with Gasteiger partial charge in [0.2, 0.25) is 0 Å². The van der Waals surface area contributed by atoms with E-state index in [2.05, 4.69) is 15.6 Å². The summed E-state index contributed by atoms with van der Waals surface area (Å²) in [4.78, 5) is 0. The highest BCUT2D eigenvalue weighted by Crippen LogP contribution is 2.24. The zero-order chi connectivity index (χ0) is 20.6. The van der Waals surface area contributed by atoms with Crippen molar-refractivity contribution in [2.24, 2.45) is 0 Å². The number of rotatable bonds is 11. The van der Waals surface area contributed by atoms with Crippen molar-refractivity contribution in [2.45, 2.75) is 88.2 Å².